The highest BCUT2D eigenvalue weighted by Gasteiger charge is 2.14. The zero-order chi connectivity index (χ0) is 20.8. The molecule has 29 heavy (non-hydrogen) atoms. The maximum Gasteiger partial charge on any atom is 0.255 e. The van der Waals surface area contributed by atoms with Crippen molar-refractivity contribution in [2.75, 3.05) is 11.9 Å². The molecule has 0 aliphatic carbocycles. The number of carbonyl (C=O) groups is 1. The summed E-state index contributed by atoms with van der Waals surface area (Å²) in [4.78, 5) is 12.9. The molecule has 0 heterocycles. The van der Waals surface area contributed by atoms with Gasteiger partial charge in [-0.3, -0.25) is 4.79 Å². The van der Waals surface area contributed by atoms with Gasteiger partial charge in [-0.05, 0) is 69.2 Å². The van der Waals surface area contributed by atoms with E-state index < -0.39 is 0 Å². The van der Waals surface area contributed by atoms with Crippen LogP contribution in [0, 0.1) is 20.8 Å². The van der Waals surface area contributed by atoms with E-state index in [1.165, 1.54) is 5.56 Å². The first kappa shape index (κ1) is 20.5. The van der Waals surface area contributed by atoms with E-state index in [0.29, 0.717) is 18.8 Å². The maximum atomic E-state index is 12.9. The zero-order valence-corrected chi connectivity index (χ0v) is 17.4. The molecule has 150 valence electrons. The predicted octanol–water partition coefficient (Wildman–Crippen LogP) is 5.84. The number of amides is 1. The second kappa shape index (κ2) is 9.28. The van der Waals surface area contributed by atoms with Crippen LogP contribution in [0.25, 0.3) is 0 Å². The fourth-order valence-corrected chi connectivity index (χ4v) is 3.37. The number of aryl methyl sites for hydroxylation is 3. The summed E-state index contributed by atoms with van der Waals surface area (Å²) in [6.07, 6.45) is 0. The summed E-state index contributed by atoms with van der Waals surface area (Å²) in [5, 5.41) is 3.05. The van der Waals surface area contributed by atoms with Crippen molar-refractivity contribution in [3.05, 3.63) is 88.5 Å². The van der Waals surface area contributed by atoms with Crippen LogP contribution in [0.3, 0.4) is 0 Å². The molecule has 3 rings (SSSR count). The lowest BCUT2D eigenvalue weighted by atomic mass is 10.0. The normalized spacial score (nSPS) is 10.5. The Hall–Kier alpha value is -3.27. The van der Waals surface area contributed by atoms with Crippen LogP contribution in [0.1, 0.15) is 39.5 Å². The van der Waals surface area contributed by atoms with Gasteiger partial charge in [0.15, 0.2) is 0 Å². The van der Waals surface area contributed by atoms with E-state index in [2.05, 4.69) is 24.4 Å². The molecule has 0 aliphatic rings. The van der Waals surface area contributed by atoms with Gasteiger partial charge in [0, 0.05) is 16.8 Å². The number of nitrogens with one attached hydrogen (secondary N) is 1. The van der Waals surface area contributed by atoms with E-state index in [-0.39, 0.29) is 5.91 Å². The third kappa shape index (κ3) is 5.17. The maximum absolute atomic E-state index is 12.9. The molecule has 4 heteroatoms. The van der Waals surface area contributed by atoms with Crippen LogP contribution in [0.2, 0.25) is 0 Å². The minimum absolute atomic E-state index is 0.149. The summed E-state index contributed by atoms with van der Waals surface area (Å²) in [7, 11) is 0. The molecule has 0 bridgehead atoms. The first-order valence-corrected chi connectivity index (χ1v) is 9.80. The topological polar surface area (TPSA) is 47.6 Å². The number of para-hydroxylation sites is 1. The Morgan fingerprint density at radius 2 is 1.59 bits per heavy atom. The highest BCUT2D eigenvalue weighted by Crippen LogP contribution is 2.25. The van der Waals surface area contributed by atoms with Crippen molar-refractivity contribution >= 4 is 11.6 Å². The number of ether oxygens (including phenoxy) is 2. The Balaban J connectivity index is 1.82. The van der Waals surface area contributed by atoms with Gasteiger partial charge in [0.25, 0.3) is 5.91 Å². The van der Waals surface area contributed by atoms with Crippen LogP contribution in [0.15, 0.2) is 60.7 Å². The fraction of sp³-hybridized carbons (Fsp3) is 0.240. The van der Waals surface area contributed by atoms with Crippen LogP contribution < -0.4 is 14.8 Å². The summed E-state index contributed by atoms with van der Waals surface area (Å²) in [5.41, 5.74) is 5.54. The van der Waals surface area contributed by atoms with E-state index in [1.54, 1.807) is 6.07 Å². The SMILES string of the molecule is CCOc1ccc(C(=O)Nc2c(C)cc(C)cc2C)cc1COc1ccccc1. The lowest BCUT2D eigenvalue weighted by Crippen LogP contribution is -2.15. The molecule has 0 saturated heterocycles. The molecule has 0 fully saturated rings. The number of anilines is 1. The van der Waals surface area contributed by atoms with Crippen molar-refractivity contribution in [2.24, 2.45) is 0 Å². The molecule has 3 aromatic rings. The predicted molar refractivity (Wildman–Crippen MR) is 117 cm³/mol. The molecule has 0 aliphatic heterocycles. The first-order chi connectivity index (χ1) is 14.0. The Morgan fingerprint density at radius 3 is 2.24 bits per heavy atom. The highest BCUT2D eigenvalue weighted by atomic mass is 16.5. The van der Waals surface area contributed by atoms with Gasteiger partial charge in [-0.25, -0.2) is 0 Å². The summed E-state index contributed by atoms with van der Waals surface area (Å²) < 4.78 is 11.6. The average molecular weight is 389 g/mol. The van der Waals surface area contributed by atoms with Crippen molar-refractivity contribution in [1.82, 2.24) is 0 Å². The van der Waals surface area contributed by atoms with Crippen LogP contribution >= 0.6 is 0 Å². The fourth-order valence-electron chi connectivity index (χ4n) is 3.37. The van der Waals surface area contributed by atoms with Gasteiger partial charge in [-0.2, -0.15) is 0 Å². The van der Waals surface area contributed by atoms with Crippen molar-refractivity contribution in [3.63, 3.8) is 0 Å². The monoisotopic (exact) mass is 389 g/mol. The second-order valence-electron chi connectivity index (χ2n) is 7.09. The molecule has 0 unspecified atom stereocenters. The molecule has 0 radical (unpaired) electrons. The lowest BCUT2D eigenvalue weighted by molar-refractivity contribution is 0.102. The molecule has 0 atom stereocenters. The minimum atomic E-state index is -0.149. The van der Waals surface area contributed by atoms with E-state index in [0.717, 1.165) is 33.9 Å². The van der Waals surface area contributed by atoms with Gasteiger partial charge in [0.05, 0.1) is 6.61 Å². The van der Waals surface area contributed by atoms with Crippen LogP contribution in [-0.2, 0) is 6.61 Å². The molecule has 4 nitrogen and oxygen atoms in total. The third-order valence-electron chi connectivity index (χ3n) is 4.68. The van der Waals surface area contributed by atoms with E-state index in [9.17, 15) is 4.79 Å². The minimum Gasteiger partial charge on any atom is -0.493 e. The largest absolute Gasteiger partial charge is 0.493 e. The number of rotatable bonds is 7. The van der Waals surface area contributed by atoms with Gasteiger partial charge in [0.1, 0.15) is 18.1 Å². The number of carbonyl (C=O) groups excluding carboxylic acids is 1. The quantitative estimate of drug-likeness (QED) is 0.552. The lowest BCUT2D eigenvalue weighted by Gasteiger charge is -2.15. The molecule has 0 saturated carbocycles. The summed E-state index contributed by atoms with van der Waals surface area (Å²) in [6, 6.07) is 19.2. The molecule has 3 aromatic carbocycles. The summed E-state index contributed by atoms with van der Waals surface area (Å²) >= 11 is 0. The van der Waals surface area contributed by atoms with Crippen LogP contribution in [0.5, 0.6) is 11.5 Å². The third-order valence-corrected chi connectivity index (χ3v) is 4.68. The van der Waals surface area contributed by atoms with E-state index in [1.807, 2.05) is 63.2 Å². The van der Waals surface area contributed by atoms with Crippen LogP contribution in [0.4, 0.5) is 5.69 Å². The van der Waals surface area contributed by atoms with Crippen LogP contribution in [-0.4, -0.2) is 12.5 Å². The number of benzene rings is 3. The van der Waals surface area contributed by atoms with Crippen molar-refractivity contribution in [2.45, 2.75) is 34.3 Å². The van der Waals surface area contributed by atoms with E-state index in [4.69, 9.17) is 9.47 Å². The number of hydrogen-bond acceptors (Lipinski definition) is 3. The van der Waals surface area contributed by atoms with Crippen molar-refractivity contribution in [1.29, 1.82) is 0 Å². The zero-order valence-electron chi connectivity index (χ0n) is 17.4. The smallest absolute Gasteiger partial charge is 0.255 e. The Bertz CT molecular complexity index is 973. The average Bonchev–Trinajstić information content (AvgIpc) is 2.70. The molecule has 1 amide bonds. The highest BCUT2D eigenvalue weighted by molar-refractivity contribution is 6.05. The van der Waals surface area contributed by atoms with Crippen molar-refractivity contribution < 1.29 is 14.3 Å². The Morgan fingerprint density at radius 1 is 0.897 bits per heavy atom. The van der Waals surface area contributed by atoms with E-state index >= 15 is 0 Å². The molecule has 0 spiro atoms. The number of hydrogen-bond donors (Lipinski definition) is 1. The second-order valence-corrected chi connectivity index (χ2v) is 7.09. The van der Waals surface area contributed by atoms with Gasteiger partial charge >= 0.3 is 0 Å². The van der Waals surface area contributed by atoms with Gasteiger partial charge in [-0.15, -0.1) is 0 Å². The Labute approximate surface area is 172 Å². The first-order valence-electron chi connectivity index (χ1n) is 9.80. The summed E-state index contributed by atoms with van der Waals surface area (Å²) in [5.74, 6) is 1.35. The van der Waals surface area contributed by atoms with Crippen molar-refractivity contribution in [3.8, 4) is 11.5 Å². The standard InChI is InChI=1S/C25H27NO3/c1-5-28-23-12-11-20(15-21(23)16-29-22-9-7-6-8-10-22)25(27)26-24-18(3)13-17(2)14-19(24)4/h6-15H,5,16H2,1-4H3,(H,26,27). The van der Waals surface area contributed by atoms with Gasteiger partial charge in [-0.1, -0.05) is 35.9 Å². The van der Waals surface area contributed by atoms with Gasteiger partial charge in [0.2, 0.25) is 0 Å². The summed E-state index contributed by atoms with van der Waals surface area (Å²) in [6.45, 7) is 8.87. The molecule has 0 aromatic heterocycles. The molecular weight excluding hydrogens is 362 g/mol. The molecular formula is C25H27NO3. The van der Waals surface area contributed by atoms with Gasteiger partial charge < -0.3 is 14.8 Å². The Kier molecular flexibility index (Phi) is 6.55. The molecule has 1 N–H and O–H groups in total.